The maximum absolute atomic E-state index is 12.5. The van der Waals surface area contributed by atoms with Crippen LogP contribution in [0.15, 0.2) is 22.7 Å². The van der Waals surface area contributed by atoms with Gasteiger partial charge in [0.15, 0.2) is 6.61 Å². The van der Waals surface area contributed by atoms with Gasteiger partial charge in [0.2, 0.25) is 5.91 Å². The zero-order chi connectivity index (χ0) is 20.2. The Morgan fingerprint density at radius 1 is 1.33 bits per heavy atom. The molecule has 0 spiro atoms. The van der Waals surface area contributed by atoms with Crippen molar-refractivity contribution in [3.8, 4) is 5.75 Å². The third-order valence-electron chi connectivity index (χ3n) is 3.88. The van der Waals surface area contributed by atoms with Crippen LogP contribution >= 0.6 is 15.9 Å². The molecule has 2 rings (SSSR count). The first-order chi connectivity index (χ1) is 12.6. The Kier molecular flexibility index (Phi) is 6.86. The van der Waals surface area contributed by atoms with E-state index in [1.54, 1.807) is 25.2 Å². The quantitative estimate of drug-likeness (QED) is 0.635. The average molecular weight is 441 g/mol. The summed E-state index contributed by atoms with van der Waals surface area (Å²) in [5.41, 5.74) is 0.0580. The number of ether oxygens (including phenoxy) is 2. The second-order valence-electron chi connectivity index (χ2n) is 7.39. The van der Waals surface area contributed by atoms with Gasteiger partial charge in [-0.2, -0.15) is 0 Å². The summed E-state index contributed by atoms with van der Waals surface area (Å²) >= 11 is 3.36. The molecule has 1 heterocycles. The van der Waals surface area contributed by atoms with Gasteiger partial charge in [-0.3, -0.25) is 19.3 Å². The molecule has 1 aliphatic rings. The highest BCUT2D eigenvalue weighted by atomic mass is 79.9. The van der Waals surface area contributed by atoms with E-state index >= 15 is 0 Å². The molecule has 0 aromatic heterocycles. The molecular weight excluding hydrogens is 416 g/mol. The maximum atomic E-state index is 12.5. The Balaban J connectivity index is 1.89. The van der Waals surface area contributed by atoms with E-state index in [0.717, 1.165) is 4.47 Å². The third-order valence-corrected chi connectivity index (χ3v) is 4.37. The molecule has 0 saturated heterocycles. The standard InChI is InChI=1S/C19H25BrN2O5/c1-19(2,3)27-18(25)6-5-9-21(4)16(23)11-22-14-8-7-13(20)10-15(14)26-12-17(22)24/h7-8,10H,5-6,9,11-12H2,1-4H3. The monoisotopic (exact) mass is 440 g/mol. The lowest BCUT2D eigenvalue weighted by Gasteiger charge is -2.30. The molecule has 27 heavy (non-hydrogen) atoms. The zero-order valence-electron chi connectivity index (χ0n) is 16.1. The summed E-state index contributed by atoms with van der Waals surface area (Å²) in [6, 6.07) is 5.30. The first-order valence-corrected chi connectivity index (χ1v) is 9.54. The fourth-order valence-electron chi connectivity index (χ4n) is 2.59. The Morgan fingerprint density at radius 2 is 2.04 bits per heavy atom. The Morgan fingerprint density at radius 3 is 2.70 bits per heavy atom. The number of benzene rings is 1. The number of anilines is 1. The molecule has 0 radical (unpaired) electrons. The van der Waals surface area contributed by atoms with Crippen LogP contribution in [0, 0.1) is 0 Å². The van der Waals surface area contributed by atoms with Crippen LogP contribution in [-0.2, 0) is 19.1 Å². The Labute approximate surface area is 167 Å². The van der Waals surface area contributed by atoms with Crippen LogP contribution in [0.1, 0.15) is 33.6 Å². The molecule has 0 N–H and O–H groups in total. The summed E-state index contributed by atoms with van der Waals surface area (Å²) in [4.78, 5) is 39.4. The fourth-order valence-corrected chi connectivity index (χ4v) is 2.93. The van der Waals surface area contributed by atoms with Gasteiger partial charge >= 0.3 is 5.97 Å². The van der Waals surface area contributed by atoms with Crippen molar-refractivity contribution in [2.75, 3.05) is 31.6 Å². The molecule has 1 aromatic carbocycles. The van der Waals surface area contributed by atoms with Crippen LogP contribution in [0.5, 0.6) is 5.75 Å². The Hall–Kier alpha value is -2.09. The summed E-state index contributed by atoms with van der Waals surface area (Å²) in [5, 5.41) is 0. The first kappa shape index (κ1) is 21.2. The predicted molar refractivity (Wildman–Crippen MR) is 105 cm³/mol. The molecule has 148 valence electrons. The normalized spacial score (nSPS) is 13.7. The highest BCUT2D eigenvalue weighted by Gasteiger charge is 2.28. The number of likely N-dealkylation sites (N-methyl/N-ethyl adjacent to an activating group) is 1. The molecule has 2 amide bonds. The highest BCUT2D eigenvalue weighted by molar-refractivity contribution is 9.10. The number of carbonyl (C=O) groups excluding carboxylic acids is 3. The topological polar surface area (TPSA) is 76.2 Å². The van der Waals surface area contributed by atoms with Crippen LogP contribution in [-0.4, -0.2) is 55.0 Å². The molecular formula is C19H25BrN2O5. The molecule has 7 nitrogen and oxygen atoms in total. The van der Waals surface area contributed by atoms with Gasteiger partial charge < -0.3 is 14.4 Å². The predicted octanol–water partition coefficient (Wildman–Crippen LogP) is 2.75. The lowest BCUT2D eigenvalue weighted by atomic mass is 10.2. The lowest BCUT2D eigenvalue weighted by Crippen LogP contribution is -2.45. The average Bonchev–Trinajstić information content (AvgIpc) is 2.55. The van der Waals surface area contributed by atoms with E-state index in [0.29, 0.717) is 24.4 Å². The molecule has 1 aliphatic heterocycles. The first-order valence-electron chi connectivity index (χ1n) is 8.75. The van der Waals surface area contributed by atoms with Gasteiger partial charge in [-0.05, 0) is 45.4 Å². The van der Waals surface area contributed by atoms with Crippen molar-refractivity contribution in [1.29, 1.82) is 0 Å². The smallest absolute Gasteiger partial charge is 0.306 e. The van der Waals surface area contributed by atoms with Crippen LogP contribution in [0.2, 0.25) is 0 Å². The SMILES string of the molecule is CN(CCCC(=O)OC(C)(C)C)C(=O)CN1C(=O)COc2cc(Br)ccc21. The number of fused-ring (bicyclic) bond motifs is 1. The number of esters is 1. The van der Waals surface area contributed by atoms with Crippen molar-refractivity contribution in [2.45, 2.75) is 39.2 Å². The number of amides is 2. The van der Waals surface area contributed by atoms with Crippen LogP contribution in [0.4, 0.5) is 5.69 Å². The van der Waals surface area contributed by atoms with Crippen molar-refractivity contribution < 1.29 is 23.9 Å². The summed E-state index contributed by atoms with van der Waals surface area (Å²) in [7, 11) is 1.66. The minimum absolute atomic E-state index is 0.0697. The number of nitrogens with zero attached hydrogens (tertiary/aromatic N) is 2. The third kappa shape index (κ3) is 6.23. The number of carbonyl (C=O) groups is 3. The molecule has 0 unspecified atom stereocenters. The van der Waals surface area contributed by atoms with Crippen LogP contribution in [0.3, 0.4) is 0 Å². The Bertz CT molecular complexity index is 729. The number of hydrogen-bond acceptors (Lipinski definition) is 5. The van der Waals surface area contributed by atoms with Gasteiger partial charge in [0.1, 0.15) is 17.9 Å². The van der Waals surface area contributed by atoms with Gasteiger partial charge in [-0.25, -0.2) is 0 Å². The van der Waals surface area contributed by atoms with Crippen molar-refractivity contribution in [3.63, 3.8) is 0 Å². The minimum Gasteiger partial charge on any atom is -0.482 e. The summed E-state index contributed by atoms with van der Waals surface area (Å²) in [5.74, 6) is -0.195. The summed E-state index contributed by atoms with van der Waals surface area (Å²) in [6.07, 6.45) is 0.736. The second kappa shape index (κ2) is 8.73. The van der Waals surface area contributed by atoms with E-state index in [-0.39, 0.29) is 37.4 Å². The van der Waals surface area contributed by atoms with Crippen molar-refractivity contribution >= 4 is 39.4 Å². The van der Waals surface area contributed by atoms with E-state index in [1.165, 1.54) is 9.80 Å². The molecule has 0 aliphatic carbocycles. The minimum atomic E-state index is -0.516. The van der Waals surface area contributed by atoms with Gasteiger partial charge in [0.05, 0.1) is 5.69 Å². The van der Waals surface area contributed by atoms with Gasteiger partial charge in [-0.15, -0.1) is 0 Å². The maximum Gasteiger partial charge on any atom is 0.306 e. The highest BCUT2D eigenvalue weighted by Crippen LogP contribution is 2.34. The molecule has 1 aromatic rings. The van der Waals surface area contributed by atoms with Crippen molar-refractivity contribution in [3.05, 3.63) is 22.7 Å². The molecule has 0 bridgehead atoms. The number of rotatable bonds is 6. The number of halogens is 1. The van der Waals surface area contributed by atoms with E-state index in [2.05, 4.69) is 15.9 Å². The zero-order valence-corrected chi connectivity index (χ0v) is 17.7. The summed E-state index contributed by atoms with van der Waals surface area (Å²) in [6.45, 7) is 5.69. The number of hydrogen-bond donors (Lipinski definition) is 0. The summed E-state index contributed by atoms with van der Waals surface area (Å²) < 4.78 is 11.5. The lowest BCUT2D eigenvalue weighted by molar-refractivity contribution is -0.155. The van der Waals surface area contributed by atoms with E-state index < -0.39 is 5.60 Å². The van der Waals surface area contributed by atoms with E-state index in [4.69, 9.17) is 9.47 Å². The van der Waals surface area contributed by atoms with Gasteiger partial charge in [-0.1, -0.05) is 15.9 Å². The van der Waals surface area contributed by atoms with Gasteiger partial charge in [0.25, 0.3) is 5.91 Å². The second-order valence-corrected chi connectivity index (χ2v) is 8.30. The molecule has 0 fully saturated rings. The van der Waals surface area contributed by atoms with Crippen LogP contribution < -0.4 is 9.64 Å². The molecule has 0 atom stereocenters. The van der Waals surface area contributed by atoms with Crippen LogP contribution in [0.25, 0.3) is 0 Å². The van der Waals surface area contributed by atoms with Crippen molar-refractivity contribution in [2.24, 2.45) is 0 Å². The van der Waals surface area contributed by atoms with E-state index in [1.807, 2.05) is 20.8 Å². The fraction of sp³-hybridized carbons (Fsp3) is 0.526. The van der Waals surface area contributed by atoms with Crippen molar-refractivity contribution in [1.82, 2.24) is 4.90 Å². The molecule has 0 saturated carbocycles. The molecule has 8 heteroatoms. The van der Waals surface area contributed by atoms with Gasteiger partial charge in [0, 0.05) is 24.5 Å². The largest absolute Gasteiger partial charge is 0.482 e. The van der Waals surface area contributed by atoms with E-state index in [9.17, 15) is 14.4 Å².